The van der Waals surface area contributed by atoms with Gasteiger partial charge in [-0.05, 0) is 29.2 Å². The number of nitrogens with zero attached hydrogens (tertiary/aromatic N) is 2. The Bertz CT molecular complexity index is 1110. The van der Waals surface area contributed by atoms with Crippen LogP contribution in [0, 0.1) is 5.92 Å². The molecule has 1 unspecified atom stereocenters. The highest BCUT2D eigenvalue weighted by Gasteiger charge is 2.31. The Labute approximate surface area is 188 Å². The van der Waals surface area contributed by atoms with Gasteiger partial charge in [-0.15, -0.1) is 11.3 Å². The molecule has 156 valence electrons. The number of carbonyl (C=O) groups is 1. The van der Waals surface area contributed by atoms with E-state index in [0.717, 1.165) is 21.0 Å². The van der Waals surface area contributed by atoms with Crippen molar-refractivity contribution in [2.45, 2.75) is 26.4 Å². The van der Waals surface area contributed by atoms with Gasteiger partial charge in [0.25, 0.3) is 5.91 Å². The first kappa shape index (κ1) is 21.0. The van der Waals surface area contributed by atoms with Gasteiger partial charge in [-0.3, -0.25) is 4.79 Å². The minimum atomic E-state index is -0.115. The summed E-state index contributed by atoms with van der Waals surface area (Å²) in [5, 5.41) is 0.967. The maximum absolute atomic E-state index is 13.6. The summed E-state index contributed by atoms with van der Waals surface area (Å²) in [5.41, 5.74) is 2.96. The Kier molecular flexibility index (Phi) is 6.58. The van der Waals surface area contributed by atoms with Gasteiger partial charge in [0.15, 0.2) is 0 Å². The molecule has 3 nitrogen and oxygen atoms in total. The molecule has 0 saturated carbocycles. The molecule has 0 N–H and O–H groups in total. The number of thiazole rings is 1. The van der Waals surface area contributed by atoms with Gasteiger partial charge in [0, 0.05) is 18.3 Å². The normalized spacial score (nSPS) is 12.0. The molecule has 0 bridgehead atoms. The highest BCUT2D eigenvalue weighted by molar-refractivity contribution is 7.15. The third-order valence-electron chi connectivity index (χ3n) is 5.28. The van der Waals surface area contributed by atoms with Crippen LogP contribution >= 0.6 is 11.3 Å². The van der Waals surface area contributed by atoms with E-state index in [9.17, 15) is 4.79 Å². The zero-order chi connectivity index (χ0) is 21.6. The van der Waals surface area contributed by atoms with Crippen molar-refractivity contribution < 1.29 is 4.79 Å². The Hall–Kier alpha value is -3.24. The fourth-order valence-corrected chi connectivity index (χ4v) is 4.97. The number of carbonyl (C=O) groups excluding carboxylic acids is 1. The Balaban J connectivity index is 1.73. The Morgan fingerprint density at radius 3 is 2.06 bits per heavy atom. The van der Waals surface area contributed by atoms with Gasteiger partial charge in [-0.2, -0.15) is 0 Å². The molecule has 31 heavy (non-hydrogen) atoms. The summed E-state index contributed by atoms with van der Waals surface area (Å²) in [6.07, 6.45) is 1.93. The summed E-state index contributed by atoms with van der Waals surface area (Å²) in [6.45, 7) is 4.85. The summed E-state index contributed by atoms with van der Waals surface area (Å²) < 4.78 is 0. The van der Waals surface area contributed by atoms with Gasteiger partial charge in [-0.25, -0.2) is 4.98 Å². The number of aromatic nitrogens is 1. The summed E-state index contributed by atoms with van der Waals surface area (Å²) in [6, 6.07) is 29.9. The first-order valence-corrected chi connectivity index (χ1v) is 11.4. The molecule has 0 fully saturated rings. The first-order chi connectivity index (χ1) is 15.1. The molecule has 0 spiro atoms. The zero-order valence-corrected chi connectivity index (χ0v) is 18.6. The van der Waals surface area contributed by atoms with Crippen molar-refractivity contribution in [3.05, 3.63) is 113 Å². The van der Waals surface area contributed by atoms with Crippen molar-refractivity contribution in [3.8, 4) is 10.4 Å². The van der Waals surface area contributed by atoms with Gasteiger partial charge in [0.2, 0.25) is 0 Å². The van der Waals surface area contributed by atoms with Crippen LogP contribution in [0.4, 0.5) is 0 Å². The van der Waals surface area contributed by atoms with E-state index in [1.165, 1.54) is 0 Å². The highest BCUT2D eigenvalue weighted by Crippen LogP contribution is 2.37. The number of benzene rings is 3. The third-order valence-corrected chi connectivity index (χ3v) is 6.40. The first-order valence-electron chi connectivity index (χ1n) is 10.5. The lowest BCUT2D eigenvalue weighted by Crippen LogP contribution is -2.37. The predicted molar refractivity (Wildman–Crippen MR) is 128 cm³/mol. The second-order valence-corrected chi connectivity index (χ2v) is 8.96. The topological polar surface area (TPSA) is 33.2 Å². The van der Waals surface area contributed by atoms with Crippen molar-refractivity contribution in [2.75, 3.05) is 0 Å². The number of amides is 1. The quantitative estimate of drug-likeness (QED) is 0.324. The molecule has 0 aliphatic rings. The van der Waals surface area contributed by atoms with E-state index >= 15 is 0 Å². The molecule has 1 amide bonds. The number of hydrogen-bond acceptors (Lipinski definition) is 3. The lowest BCUT2D eigenvalue weighted by atomic mass is 10.0. The van der Waals surface area contributed by atoms with Crippen molar-refractivity contribution in [1.29, 1.82) is 0 Å². The molecule has 4 aromatic rings. The van der Waals surface area contributed by atoms with Crippen molar-refractivity contribution in [2.24, 2.45) is 5.92 Å². The predicted octanol–water partition coefficient (Wildman–Crippen LogP) is 6.85. The zero-order valence-electron chi connectivity index (χ0n) is 17.8. The fourth-order valence-electron chi connectivity index (χ4n) is 3.76. The van der Waals surface area contributed by atoms with Gasteiger partial charge in [-0.1, -0.05) is 92.7 Å². The minimum absolute atomic E-state index is 0.0274. The monoisotopic (exact) mass is 426 g/mol. The van der Waals surface area contributed by atoms with Gasteiger partial charge in [0.05, 0.1) is 10.9 Å². The molecule has 0 aliphatic heterocycles. The third kappa shape index (κ3) is 4.92. The fraction of sp³-hybridized carbons (Fsp3) is 0.185. The van der Waals surface area contributed by atoms with Crippen LogP contribution in [0.5, 0.6) is 0 Å². The van der Waals surface area contributed by atoms with E-state index in [1.807, 2.05) is 77.8 Å². The molecule has 0 saturated heterocycles. The Morgan fingerprint density at radius 1 is 0.871 bits per heavy atom. The molecular weight excluding hydrogens is 400 g/mol. The summed E-state index contributed by atoms with van der Waals surface area (Å²) in [5.74, 6) is 0.241. The van der Waals surface area contributed by atoms with Crippen LogP contribution in [0.1, 0.15) is 40.8 Å². The van der Waals surface area contributed by atoms with E-state index in [0.29, 0.717) is 12.1 Å². The molecule has 3 aromatic carbocycles. The van der Waals surface area contributed by atoms with Crippen LogP contribution in [0.2, 0.25) is 0 Å². The maximum Gasteiger partial charge on any atom is 0.254 e. The van der Waals surface area contributed by atoms with Crippen LogP contribution in [0.25, 0.3) is 10.4 Å². The smallest absolute Gasteiger partial charge is 0.254 e. The lowest BCUT2D eigenvalue weighted by molar-refractivity contribution is 0.0601. The van der Waals surface area contributed by atoms with Crippen LogP contribution in [0.3, 0.4) is 0 Å². The van der Waals surface area contributed by atoms with Gasteiger partial charge < -0.3 is 4.90 Å². The van der Waals surface area contributed by atoms with E-state index in [1.54, 1.807) is 11.3 Å². The molecule has 0 radical (unpaired) electrons. The SMILES string of the molecule is CC(C)C(c1ncc(-c2ccccc2)s1)N(Cc1ccccc1)C(=O)c1ccccc1. The van der Waals surface area contributed by atoms with Crippen LogP contribution in [-0.2, 0) is 6.54 Å². The molecule has 1 heterocycles. The second-order valence-electron chi connectivity index (χ2n) is 7.90. The van der Waals surface area contributed by atoms with Crippen LogP contribution in [-0.4, -0.2) is 15.8 Å². The van der Waals surface area contributed by atoms with Crippen LogP contribution < -0.4 is 0 Å². The summed E-state index contributed by atoms with van der Waals surface area (Å²) in [7, 11) is 0. The minimum Gasteiger partial charge on any atom is -0.325 e. The number of rotatable bonds is 7. The Morgan fingerprint density at radius 2 is 1.45 bits per heavy atom. The van der Waals surface area contributed by atoms with Crippen molar-refractivity contribution >= 4 is 17.2 Å². The van der Waals surface area contributed by atoms with Gasteiger partial charge in [0.1, 0.15) is 5.01 Å². The van der Waals surface area contributed by atoms with Gasteiger partial charge >= 0.3 is 0 Å². The molecule has 4 heteroatoms. The van der Waals surface area contributed by atoms with E-state index in [-0.39, 0.29) is 17.9 Å². The second kappa shape index (κ2) is 9.71. The average molecular weight is 427 g/mol. The largest absolute Gasteiger partial charge is 0.325 e. The average Bonchev–Trinajstić information content (AvgIpc) is 3.29. The maximum atomic E-state index is 13.6. The lowest BCUT2D eigenvalue weighted by Gasteiger charge is -2.33. The molecule has 1 aromatic heterocycles. The van der Waals surface area contributed by atoms with E-state index in [2.05, 4.69) is 38.1 Å². The van der Waals surface area contributed by atoms with Crippen molar-refractivity contribution in [3.63, 3.8) is 0 Å². The van der Waals surface area contributed by atoms with Crippen LogP contribution in [0.15, 0.2) is 97.2 Å². The molecule has 4 rings (SSSR count). The molecule has 1 atom stereocenters. The summed E-state index contributed by atoms with van der Waals surface area (Å²) >= 11 is 1.67. The number of hydrogen-bond donors (Lipinski definition) is 0. The van der Waals surface area contributed by atoms with E-state index in [4.69, 9.17) is 4.98 Å². The highest BCUT2D eigenvalue weighted by atomic mass is 32.1. The van der Waals surface area contributed by atoms with Crippen molar-refractivity contribution in [1.82, 2.24) is 9.88 Å². The molecule has 0 aliphatic carbocycles. The van der Waals surface area contributed by atoms with E-state index < -0.39 is 0 Å². The molecular formula is C27H26N2OS. The summed E-state index contributed by atoms with van der Waals surface area (Å²) in [4.78, 5) is 21.5. The standard InChI is InChI=1S/C27H26N2OS/c1-20(2)25(26-28-18-24(31-26)22-14-8-4-9-15-22)29(19-21-12-6-3-7-13-21)27(30)23-16-10-5-11-17-23/h3-18,20,25H,19H2,1-2H3.